The molecular weight excluding hydrogens is 252 g/mol. The lowest BCUT2D eigenvalue weighted by Crippen LogP contribution is -2.23. The minimum atomic E-state index is -2.45. The molecule has 0 unspecified atom stereocenters. The Bertz CT molecular complexity index is 920. The number of pyridine rings is 1. The van der Waals surface area contributed by atoms with Gasteiger partial charge in [0.15, 0.2) is 5.65 Å². The molecule has 0 aliphatic rings. The Morgan fingerprint density at radius 2 is 1.95 bits per heavy atom. The van der Waals surface area contributed by atoms with Gasteiger partial charge in [-0.15, -0.1) is 0 Å². The zero-order valence-electron chi connectivity index (χ0n) is 13.8. The normalized spacial score (nSPS) is 13.6. The molecule has 5 heteroatoms. The number of hydrogen-bond acceptors (Lipinski definition) is 4. The molecular formula is C15H14N4O. The second-order valence-corrected chi connectivity index (χ2v) is 4.36. The molecule has 1 aromatic carbocycles. The van der Waals surface area contributed by atoms with Crippen LogP contribution in [0.25, 0.3) is 16.7 Å². The van der Waals surface area contributed by atoms with Gasteiger partial charge in [0.05, 0.1) is 11.1 Å². The predicted octanol–water partition coefficient (Wildman–Crippen LogP) is 2.13. The van der Waals surface area contributed by atoms with Crippen LogP contribution in [0.1, 0.15) is 9.81 Å². The largest absolute Gasteiger partial charge is 0.372 e. The van der Waals surface area contributed by atoms with E-state index in [4.69, 9.17) is 4.11 Å². The number of hydrogen-bond donors (Lipinski definition) is 1. The fourth-order valence-corrected chi connectivity index (χ4v) is 2.10. The van der Waals surface area contributed by atoms with Crippen LogP contribution in [0.4, 0.5) is 5.82 Å². The van der Waals surface area contributed by atoms with E-state index in [0.29, 0.717) is 22.4 Å². The van der Waals surface area contributed by atoms with Crippen molar-refractivity contribution in [3.63, 3.8) is 0 Å². The molecule has 0 bridgehead atoms. The quantitative estimate of drug-likeness (QED) is 0.774. The Balaban J connectivity index is 2.35. The zero-order valence-corrected chi connectivity index (χ0v) is 10.8. The molecule has 2 heterocycles. The van der Waals surface area contributed by atoms with E-state index >= 15 is 0 Å². The first-order chi connectivity index (χ1) is 10.8. The number of anilines is 1. The standard InChI is InChI=1S/C15H14N4O/c1-10-8-9-12-13(16-2)18-15(20)19(14(12)17-10)11-6-4-3-5-7-11/h3-9H,1-2H3,(H,16,18,20)/i2D3. The maximum atomic E-state index is 12.4. The fourth-order valence-electron chi connectivity index (χ4n) is 2.10. The number of para-hydroxylation sites is 1. The molecule has 0 atom stereocenters. The summed E-state index contributed by atoms with van der Waals surface area (Å²) in [4.78, 5) is 20.7. The summed E-state index contributed by atoms with van der Waals surface area (Å²) in [6.07, 6.45) is 0. The van der Waals surface area contributed by atoms with Gasteiger partial charge < -0.3 is 5.32 Å². The molecule has 0 aliphatic carbocycles. The number of nitrogens with one attached hydrogen (secondary N) is 1. The minimum absolute atomic E-state index is 0.00433. The first-order valence-corrected chi connectivity index (χ1v) is 6.09. The van der Waals surface area contributed by atoms with E-state index in [1.54, 1.807) is 43.3 Å². The maximum absolute atomic E-state index is 12.4. The monoisotopic (exact) mass is 269 g/mol. The molecule has 20 heavy (non-hydrogen) atoms. The Labute approximate surface area is 120 Å². The van der Waals surface area contributed by atoms with Crippen molar-refractivity contribution in [2.45, 2.75) is 6.92 Å². The predicted molar refractivity (Wildman–Crippen MR) is 79.4 cm³/mol. The number of rotatable bonds is 2. The smallest absolute Gasteiger partial charge is 0.355 e. The van der Waals surface area contributed by atoms with Crippen LogP contribution in [0.15, 0.2) is 47.3 Å². The maximum Gasteiger partial charge on any atom is 0.355 e. The van der Waals surface area contributed by atoms with E-state index in [2.05, 4.69) is 15.3 Å². The van der Waals surface area contributed by atoms with Crippen molar-refractivity contribution in [1.82, 2.24) is 14.5 Å². The van der Waals surface area contributed by atoms with Crippen LogP contribution >= 0.6 is 0 Å². The SMILES string of the molecule is [2H]C([2H])([2H])Nc1nc(=O)n(-c2ccccc2)c2nc(C)ccc12. The topological polar surface area (TPSA) is 59.8 Å². The number of benzene rings is 1. The van der Waals surface area contributed by atoms with E-state index in [9.17, 15) is 4.79 Å². The first kappa shape index (κ1) is 9.25. The molecule has 5 nitrogen and oxygen atoms in total. The van der Waals surface area contributed by atoms with E-state index in [0.717, 1.165) is 0 Å². The van der Waals surface area contributed by atoms with E-state index in [1.165, 1.54) is 4.57 Å². The highest BCUT2D eigenvalue weighted by Gasteiger charge is 2.12. The molecule has 2 aromatic heterocycles. The highest BCUT2D eigenvalue weighted by Crippen LogP contribution is 2.20. The lowest BCUT2D eigenvalue weighted by atomic mass is 10.2. The summed E-state index contributed by atoms with van der Waals surface area (Å²) in [5, 5.41) is 2.77. The minimum Gasteiger partial charge on any atom is -0.372 e. The van der Waals surface area contributed by atoms with Gasteiger partial charge in [-0.3, -0.25) is 0 Å². The zero-order chi connectivity index (χ0) is 16.6. The molecule has 100 valence electrons. The van der Waals surface area contributed by atoms with Crippen LogP contribution in [0.3, 0.4) is 0 Å². The first-order valence-electron chi connectivity index (χ1n) is 7.59. The molecule has 3 rings (SSSR count). The molecule has 0 radical (unpaired) electrons. The lowest BCUT2D eigenvalue weighted by molar-refractivity contribution is 0.938. The van der Waals surface area contributed by atoms with Crippen molar-refractivity contribution in [1.29, 1.82) is 0 Å². The van der Waals surface area contributed by atoms with Gasteiger partial charge in [-0.2, -0.15) is 4.98 Å². The Kier molecular flexibility index (Phi) is 2.21. The van der Waals surface area contributed by atoms with Crippen molar-refractivity contribution in [2.24, 2.45) is 0 Å². The van der Waals surface area contributed by atoms with Gasteiger partial charge in [-0.25, -0.2) is 14.3 Å². The van der Waals surface area contributed by atoms with Crippen LogP contribution in [-0.2, 0) is 0 Å². The van der Waals surface area contributed by atoms with E-state index in [-0.39, 0.29) is 5.82 Å². The van der Waals surface area contributed by atoms with Gasteiger partial charge in [0, 0.05) is 16.8 Å². The van der Waals surface area contributed by atoms with Gasteiger partial charge in [-0.05, 0) is 31.2 Å². The summed E-state index contributed by atoms with van der Waals surface area (Å²) >= 11 is 0. The summed E-state index contributed by atoms with van der Waals surface area (Å²) in [6, 6.07) is 12.4. The van der Waals surface area contributed by atoms with Crippen LogP contribution in [0, 0.1) is 6.92 Å². The average molecular weight is 269 g/mol. The van der Waals surface area contributed by atoms with Crippen molar-refractivity contribution in [3.05, 3.63) is 58.6 Å². The third-order valence-corrected chi connectivity index (χ3v) is 3.01. The van der Waals surface area contributed by atoms with Gasteiger partial charge >= 0.3 is 5.69 Å². The van der Waals surface area contributed by atoms with Gasteiger partial charge in [0.25, 0.3) is 0 Å². The Hall–Kier alpha value is -2.69. The van der Waals surface area contributed by atoms with Crippen LogP contribution in [0.5, 0.6) is 0 Å². The van der Waals surface area contributed by atoms with Gasteiger partial charge in [0.2, 0.25) is 0 Å². The molecule has 0 spiro atoms. The highest BCUT2D eigenvalue weighted by molar-refractivity contribution is 5.87. The Morgan fingerprint density at radius 1 is 1.15 bits per heavy atom. The van der Waals surface area contributed by atoms with Gasteiger partial charge in [0.1, 0.15) is 5.82 Å². The second-order valence-electron chi connectivity index (χ2n) is 4.36. The molecule has 3 aromatic rings. The third kappa shape index (κ3) is 1.93. The van der Waals surface area contributed by atoms with Crippen molar-refractivity contribution in [3.8, 4) is 5.69 Å². The number of fused-ring (bicyclic) bond motifs is 1. The van der Waals surface area contributed by atoms with E-state index < -0.39 is 12.7 Å². The molecule has 0 aliphatic heterocycles. The van der Waals surface area contributed by atoms with Crippen molar-refractivity contribution in [2.75, 3.05) is 12.3 Å². The molecule has 0 fully saturated rings. The number of aromatic nitrogens is 3. The second kappa shape index (κ2) is 4.77. The number of nitrogens with zero attached hydrogens (tertiary/aromatic N) is 3. The van der Waals surface area contributed by atoms with E-state index in [1.807, 2.05) is 6.07 Å². The van der Waals surface area contributed by atoms with Crippen LogP contribution in [0.2, 0.25) is 0 Å². The molecule has 0 amide bonds. The van der Waals surface area contributed by atoms with Gasteiger partial charge in [-0.1, -0.05) is 18.2 Å². The molecule has 0 saturated carbocycles. The molecule has 1 N–H and O–H groups in total. The number of aryl methyl sites for hydroxylation is 1. The van der Waals surface area contributed by atoms with Crippen LogP contribution < -0.4 is 11.0 Å². The van der Waals surface area contributed by atoms with Crippen molar-refractivity contribution < 1.29 is 4.11 Å². The lowest BCUT2D eigenvalue weighted by Gasteiger charge is -2.11. The average Bonchev–Trinajstić information content (AvgIpc) is 2.46. The summed E-state index contributed by atoms with van der Waals surface area (Å²) in [5.41, 5.74) is 1.11. The van der Waals surface area contributed by atoms with Crippen LogP contribution in [-0.4, -0.2) is 21.5 Å². The fraction of sp³-hybridized carbons (Fsp3) is 0.133. The summed E-state index contributed by atoms with van der Waals surface area (Å²) in [7, 11) is 0. The molecule has 0 saturated heterocycles. The summed E-state index contributed by atoms with van der Waals surface area (Å²) in [6.45, 7) is -0.646. The third-order valence-electron chi connectivity index (χ3n) is 3.01. The Morgan fingerprint density at radius 3 is 2.70 bits per heavy atom. The summed E-state index contributed by atoms with van der Waals surface area (Å²) in [5.74, 6) is 0.00433. The van der Waals surface area contributed by atoms with Crippen molar-refractivity contribution >= 4 is 16.9 Å². The highest BCUT2D eigenvalue weighted by atomic mass is 16.1. The summed E-state index contributed by atoms with van der Waals surface area (Å²) < 4.78 is 23.4.